The molecule has 340 valence electrons. The molecule has 0 fully saturated rings. The Balaban J connectivity index is 4.02. The lowest BCUT2D eigenvalue weighted by Crippen LogP contribution is -2.34. The smallest absolute Gasteiger partial charge is 0.431 e. The number of azide groups is 2. The fourth-order valence-electron chi connectivity index (χ4n) is 4.01. The molecule has 0 aromatic rings. The molecule has 0 aromatic heterocycles. The van der Waals surface area contributed by atoms with Crippen LogP contribution in [0.25, 0.3) is 20.9 Å². The Morgan fingerprint density at radius 3 is 0.983 bits per heavy atom. The summed E-state index contributed by atoms with van der Waals surface area (Å²) in [6.07, 6.45) is -0.653. The van der Waals surface area contributed by atoms with E-state index in [4.69, 9.17) is 77.5 Å². The fourth-order valence-corrected chi connectivity index (χ4v) is 4.01. The van der Waals surface area contributed by atoms with Gasteiger partial charge in [-0.25, -0.2) is 4.79 Å². The first-order valence-corrected chi connectivity index (χ1v) is 19.7. The van der Waals surface area contributed by atoms with Crippen molar-refractivity contribution in [3.8, 4) is 0 Å². The van der Waals surface area contributed by atoms with E-state index in [9.17, 15) is 4.79 Å². The van der Waals surface area contributed by atoms with Crippen molar-refractivity contribution in [3.05, 3.63) is 20.9 Å². The van der Waals surface area contributed by atoms with E-state index in [0.29, 0.717) is 185 Å². The molecule has 0 saturated heterocycles. The molecule has 58 heavy (non-hydrogen) atoms. The first-order chi connectivity index (χ1) is 28.4. The van der Waals surface area contributed by atoms with Gasteiger partial charge in [0.05, 0.1) is 165 Å². The summed E-state index contributed by atoms with van der Waals surface area (Å²) in [5.41, 5.74) is 18.0. The van der Waals surface area contributed by atoms with Crippen LogP contribution in [0.4, 0.5) is 4.79 Å². The van der Waals surface area contributed by atoms with Crippen LogP contribution in [0.1, 0.15) is 20.8 Å². The van der Waals surface area contributed by atoms with Gasteiger partial charge in [-0.1, -0.05) is 10.2 Å². The Bertz CT molecular complexity index is 942. The normalized spacial score (nSPS) is 11.4. The van der Waals surface area contributed by atoms with Crippen molar-refractivity contribution >= 4 is 6.09 Å². The maximum Gasteiger partial charge on any atom is 0.431 e. The largest absolute Gasteiger partial charge is 0.442 e. The molecular formula is C35H70N8O15. The number of nitrogens with zero attached hydrogens (tertiary/aromatic N) is 7. The first-order valence-electron chi connectivity index (χ1n) is 19.7. The van der Waals surface area contributed by atoms with E-state index in [-0.39, 0.29) is 13.2 Å². The van der Waals surface area contributed by atoms with Crippen LogP contribution in [0.2, 0.25) is 0 Å². The highest BCUT2D eigenvalue weighted by Crippen LogP contribution is 2.06. The summed E-state index contributed by atoms with van der Waals surface area (Å²) in [6.45, 7) is 18.8. The number of amides is 1. The second kappa shape index (κ2) is 45.4. The van der Waals surface area contributed by atoms with Crippen molar-refractivity contribution in [3.63, 3.8) is 0 Å². The van der Waals surface area contributed by atoms with E-state index >= 15 is 0 Å². The van der Waals surface area contributed by atoms with Gasteiger partial charge in [0, 0.05) is 42.5 Å². The van der Waals surface area contributed by atoms with Crippen LogP contribution in [-0.2, 0) is 66.4 Å². The van der Waals surface area contributed by atoms with Crippen molar-refractivity contribution in [1.82, 2.24) is 10.4 Å². The van der Waals surface area contributed by atoms with Crippen molar-refractivity contribution in [2.24, 2.45) is 10.2 Å². The molecule has 0 aliphatic rings. The van der Waals surface area contributed by atoms with Gasteiger partial charge in [0.2, 0.25) is 0 Å². The van der Waals surface area contributed by atoms with E-state index in [1.54, 1.807) is 20.8 Å². The Hall–Kier alpha value is -2.67. The topological polar surface area (TPSA) is 259 Å². The third kappa shape index (κ3) is 47.7. The number of hydrogen-bond acceptors (Lipinski definition) is 18. The number of ether oxygens (including phenoxy) is 13. The van der Waals surface area contributed by atoms with E-state index in [1.807, 2.05) is 0 Å². The zero-order chi connectivity index (χ0) is 42.3. The highest BCUT2D eigenvalue weighted by molar-refractivity contribution is 5.66. The number of nitrogens with one attached hydrogen (secondary N) is 1. The van der Waals surface area contributed by atoms with Gasteiger partial charge in [0.15, 0.2) is 0 Å². The Morgan fingerprint density at radius 1 is 0.448 bits per heavy atom. The monoisotopic (exact) mass is 842 g/mol. The molecule has 0 heterocycles. The summed E-state index contributed by atoms with van der Waals surface area (Å²) in [5, 5.41) is 6.77. The molecule has 0 bridgehead atoms. The van der Waals surface area contributed by atoms with Gasteiger partial charge in [-0.2, -0.15) is 5.48 Å². The van der Waals surface area contributed by atoms with Crippen LogP contribution in [0.3, 0.4) is 0 Å². The van der Waals surface area contributed by atoms with Crippen LogP contribution >= 0.6 is 0 Å². The highest BCUT2D eigenvalue weighted by Gasteiger charge is 2.15. The molecule has 0 unspecified atom stereocenters. The minimum Gasteiger partial charge on any atom is -0.442 e. The summed E-state index contributed by atoms with van der Waals surface area (Å²) < 4.78 is 71.4. The summed E-state index contributed by atoms with van der Waals surface area (Å²) in [5.74, 6) is 0. The summed E-state index contributed by atoms with van der Waals surface area (Å²) >= 11 is 0. The average Bonchev–Trinajstić information content (AvgIpc) is 3.19. The number of rotatable bonds is 46. The van der Waals surface area contributed by atoms with Crippen LogP contribution < -0.4 is 5.48 Å². The Morgan fingerprint density at radius 2 is 0.707 bits per heavy atom. The molecule has 0 spiro atoms. The predicted molar refractivity (Wildman–Crippen MR) is 210 cm³/mol. The Kier molecular flexibility index (Phi) is 43.3. The van der Waals surface area contributed by atoms with Crippen LogP contribution in [-0.4, -0.2) is 214 Å². The fraction of sp³-hybridized carbons (Fsp3) is 0.971. The number of carbonyl (C=O) groups excluding carboxylic acids is 1. The summed E-state index contributed by atoms with van der Waals surface area (Å²) in [4.78, 5) is 24.1. The third-order valence-electron chi connectivity index (χ3n) is 6.69. The highest BCUT2D eigenvalue weighted by atomic mass is 16.7. The molecule has 0 aliphatic carbocycles. The lowest BCUT2D eigenvalue weighted by atomic mass is 10.2. The summed E-state index contributed by atoms with van der Waals surface area (Å²) in [6, 6.07) is 0. The third-order valence-corrected chi connectivity index (χ3v) is 6.69. The van der Waals surface area contributed by atoms with Crippen molar-refractivity contribution in [2.45, 2.75) is 26.4 Å². The van der Waals surface area contributed by atoms with Gasteiger partial charge in [-0.15, -0.1) is 0 Å². The molecule has 1 N–H and O–H groups in total. The summed E-state index contributed by atoms with van der Waals surface area (Å²) in [7, 11) is 0. The SMILES string of the molecule is CC(C)(C)OC(=O)NOCCOCCOCCN(CCOCCOCCOCCOCCOCCN=[N+]=[N-])CCOCCOCCOCCOCCOCCN=[N+]=[N-]. The molecule has 0 rings (SSSR count). The predicted octanol–water partition coefficient (Wildman–Crippen LogP) is 2.56. The van der Waals surface area contributed by atoms with Gasteiger partial charge in [-0.05, 0) is 31.8 Å². The van der Waals surface area contributed by atoms with Crippen LogP contribution in [0.5, 0.6) is 0 Å². The number of hydrogen-bond donors (Lipinski definition) is 1. The molecular weight excluding hydrogens is 772 g/mol. The lowest BCUT2D eigenvalue weighted by Gasteiger charge is -2.22. The van der Waals surface area contributed by atoms with Crippen molar-refractivity contribution in [2.75, 3.05) is 198 Å². The number of carbonyl (C=O) groups is 1. The zero-order valence-corrected chi connectivity index (χ0v) is 35.0. The maximum atomic E-state index is 11.6. The number of hydroxylamine groups is 1. The van der Waals surface area contributed by atoms with E-state index in [1.165, 1.54) is 0 Å². The molecule has 23 heteroatoms. The van der Waals surface area contributed by atoms with Crippen molar-refractivity contribution < 1.29 is 71.2 Å². The van der Waals surface area contributed by atoms with Crippen LogP contribution in [0, 0.1) is 0 Å². The second-order valence-electron chi connectivity index (χ2n) is 12.6. The first kappa shape index (κ1) is 55.3. The van der Waals surface area contributed by atoms with Gasteiger partial charge >= 0.3 is 6.09 Å². The maximum absolute atomic E-state index is 11.6. The molecule has 1 amide bonds. The standard InChI is InChI=1S/C35H70N8O15/c1-35(2,3)58-34(44)40-57-33-32-56-23-18-49-13-8-43(6-11-47-16-21-52-26-30-54-28-24-50-19-14-45-9-4-38-41-36)7-12-48-17-22-53-27-31-55-29-25-51-20-15-46-10-5-39-42-37/h4-33H2,1-3H3,(H,40,44). The average molecular weight is 843 g/mol. The van der Waals surface area contributed by atoms with Crippen LogP contribution in [0.15, 0.2) is 10.2 Å². The Labute approximate surface area is 342 Å². The van der Waals surface area contributed by atoms with Crippen molar-refractivity contribution in [1.29, 1.82) is 0 Å². The molecule has 23 nitrogen and oxygen atoms in total. The molecule has 0 aliphatic heterocycles. The zero-order valence-electron chi connectivity index (χ0n) is 35.0. The van der Waals surface area contributed by atoms with Gasteiger partial charge in [0.25, 0.3) is 0 Å². The molecule has 0 saturated carbocycles. The molecule has 0 atom stereocenters. The lowest BCUT2D eigenvalue weighted by molar-refractivity contribution is -0.0342. The molecule has 0 aromatic carbocycles. The van der Waals surface area contributed by atoms with Gasteiger partial charge < -0.3 is 61.6 Å². The van der Waals surface area contributed by atoms with E-state index in [2.05, 4.69) is 30.4 Å². The second-order valence-corrected chi connectivity index (χ2v) is 12.6. The minimum atomic E-state index is -0.653. The minimum absolute atomic E-state index is 0.178. The molecule has 0 radical (unpaired) electrons. The van der Waals surface area contributed by atoms with Gasteiger partial charge in [0.1, 0.15) is 5.60 Å². The quantitative estimate of drug-likeness (QED) is 0.0304. The van der Waals surface area contributed by atoms with Gasteiger partial charge in [-0.3, -0.25) is 9.74 Å². The van der Waals surface area contributed by atoms with E-state index < -0.39 is 11.7 Å². The van der Waals surface area contributed by atoms with E-state index in [0.717, 1.165) is 0 Å².